The molecule has 0 radical (unpaired) electrons. The lowest BCUT2D eigenvalue weighted by Crippen LogP contribution is -1.64. The van der Waals surface area contributed by atoms with Crippen LogP contribution in [-0.2, 0) is 0 Å². The highest BCUT2D eigenvalue weighted by Crippen LogP contribution is 2.12. The zero-order valence-electron chi connectivity index (χ0n) is 6.79. The van der Waals surface area contributed by atoms with Gasteiger partial charge in [-0.15, -0.1) is 11.8 Å². The van der Waals surface area contributed by atoms with Crippen LogP contribution in [0.3, 0.4) is 0 Å². The highest BCUT2D eigenvalue weighted by atomic mass is 32.2. The Morgan fingerprint density at radius 3 is 2.30 bits per heavy atom. The van der Waals surface area contributed by atoms with Gasteiger partial charge < -0.3 is 0 Å². The van der Waals surface area contributed by atoms with Gasteiger partial charge in [0, 0.05) is 4.91 Å². The van der Waals surface area contributed by atoms with Crippen molar-refractivity contribution >= 4 is 11.8 Å². The zero-order valence-corrected chi connectivity index (χ0v) is 7.61. The predicted octanol–water partition coefficient (Wildman–Crippen LogP) is 3.39. The van der Waals surface area contributed by atoms with Gasteiger partial charge in [0.15, 0.2) is 0 Å². The standard InChI is InChI=1S/C9H14S/c1-4-6-8-9(10-3)7-5-2/h4-8H,1-3H3/b6-4+,7-5-,9-8+. The van der Waals surface area contributed by atoms with Gasteiger partial charge in [0.1, 0.15) is 0 Å². The fourth-order valence-corrected chi connectivity index (χ4v) is 1.03. The summed E-state index contributed by atoms with van der Waals surface area (Å²) in [5.74, 6) is 0. The van der Waals surface area contributed by atoms with E-state index in [2.05, 4.69) is 18.4 Å². The molecule has 0 aromatic heterocycles. The first-order chi connectivity index (χ1) is 4.85. The van der Waals surface area contributed by atoms with Gasteiger partial charge in [-0.2, -0.15) is 0 Å². The van der Waals surface area contributed by atoms with E-state index in [1.807, 2.05) is 32.1 Å². The highest BCUT2D eigenvalue weighted by Gasteiger charge is 1.82. The summed E-state index contributed by atoms with van der Waals surface area (Å²) >= 11 is 1.76. The SMILES string of the molecule is C\C=C/C(=C\C=C\C)SC. The number of hydrogen-bond acceptors (Lipinski definition) is 1. The smallest absolute Gasteiger partial charge is 0.00657 e. The minimum atomic E-state index is 1.29. The molecule has 0 N–H and O–H groups in total. The molecule has 0 atom stereocenters. The van der Waals surface area contributed by atoms with E-state index in [0.717, 1.165) is 0 Å². The Bertz CT molecular complexity index is 152. The molecule has 56 valence electrons. The third-order valence-corrected chi connectivity index (χ3v) is 1.76. The molecule has 0 saturated heterocycles. The second kappa shape index (κ2) is 6.69. The van der Waals surface area contributed by atoms with E-state index in [4.69, 9.17) is 0 Å². The first-order valence-corrected chi connectivity index (χ1v) is 4.57. The molecule has 0 heterocycles. The molecule has 0 saturated carbocycles. The lowest BCUT2D eigenvalue weighted by atomic mass is 10.4. The average molecular weight is 154 g/mol. The van der Waals surface area contributed by atoms with Crippen molar-refractivity contribution in [1.82, 2.24) is 0 Å². The molecule has 0 rings (SSSR count). The molecule has 0 nitrogen and oxygen atoms in total. The number of allylic oxidation sites excluding steroid dienone is 5. The summed E-state index contributed by atoms with van der Waals surface area (Å²) < 4.78 is 0. The van der Waals surface area contributed by atoms with Gasteiger partial charge in [0.2, 0.25) is 0 Å². The third-order valence-electron chi connectivity index (χ3n) is 1.02. The van der Waals surface area contributed by atoms with Gasteiger partial charge in [0.25, 0.3) is 0 Å². The predicted molar refractivity (Wildman–Crippen MR) is 51.2 cm³/mol. The summed E-state index contributed by atoms with van der Waals surface area (Å²) in [6.07, 6.45) is 12.4. The maximum Gasteiger partial charge on any atom is 0.00657 e. The van der Waals surface area contributed by atoms with E-state index in [1.165, 1.54) is 4.91 Å². The monoisotopic (exact) mass is 154 g/mol. The number of hydrogen-bond donors (Lipinski definition) is 0. The molecular weight excluding hydrogens is 140 g/mol. The summed E-state index contributed by atoms with van der Waals surface area (Å²) in [7, 11) is 0. The summed E-state index contributed by atoms with van der Waals surface area (Å²) in [6, 6.07) is 0. The lowest BCUT2D eigenvalue weighted by Gasteiger charge is -1.91. The number of rotatable bonds is 3. The van der Waals surface area contributed by atoms with E-state index in [9.17, 15) is 0 Å². The van der Waals surface area contributed by atoms with E-state index in [1.54, 1.807) is 11.8 Å². The highest BCUT2D eigenvalue weighted by molar-refractivity contribution is 8.02. The van der Waals surface area contributed by atoms with Crippen LogP contribution in [-0.4, -0.2) is 6.26 Å². The Morgan fingerprint density at radius 1 is 1.20 bits per heavy atom. The Labute approximate surface area is 67.7 Å². The van der Waals surface area contributed by atoms with Gasteiger partial charge in [-0.3, -0.25) is 0 Å². The van der Waals surface area contributed by atoms with Crippen LogP contribution < -0.4 is 0 Å². The first kappa shape index (κ1) is 9.57. The molecule has 0 aliphatic carbocycles. The fourth-order valence-electron chi connectivity index (χ4n) is 0.547. The van der Waals surface area contributed by atoms with Crippen LogP contribution in [0.5, 0.6) is 0 Å². The van der Waals surface area contributed by atoms with E-state index in [0.29, 0.717) is 0 Å². The second-order valence-corrected chi connectivity index (χ2v) is 2.68. The van der Waals surface area contributed by atoms with Crippen molar-refractivity contribution < 1.29 is 0 Å². The van der Waals surface area contributed by atoms with Crippen LogP contribution in [0.2, 0.25) is 0 Å². The molecular formula is C9H14S. The van der Waals surface area contributed by atoms with Crippen LogP contribution in [0.15, 0.2) is 35.3 Å². The molecule has 0 bridgehead atoms. The van der Waals surface area contributed by atoms with Gasteiger partial charge in [-0.25, -0.2) is 0 Å². The fraction of sp³-hybridized carbons (Fsp3) is 0.333. The van der Waals surface area contributed by atoms with Gasteiger partial charge in [-0.1, -0.05) is 24.3 Å². The topological polar surface area (TPSA) is 0 Å². The summed E-state index contributed by atoms with van der Waals surface area (Å²) in [5, 5.41) is 0. The molecule has 10 heavy (non-hydrogen) atoms. The van der Waals surface area contributed by atoms with Crippen molar-refractivity contribution in [1.29, 1.82) is 0 Å². The Hall–Kier alpha value is -0.430. The van der Waals surface area contributed by atoms with Crippen molar-refractivity contribution in [3.8, 4) is 0 Å². The third kappa shape index (κ3) is 4.45. The summed E-state index contributed by atoms with van der Waals surface area (Å²) in [4.78, 5) is 1.29. The van der Waals surface area contributed by atoms with E-state index >= 15 is 0 Å². The average Bonchev–Trinajstić information content (AvgIpc) is 1.98. The Balaban J connectivity index is 4.04. The number of thioether (sulfide) groups is 1. The van der Waals surface area contributed by atoms with Crippen LogP contribution in [0, 0.1) is 0 Å². The van der Waals surface area contributed by atoms with Gasteiger partial charge in [0.05, 0.1) is 0 Å². The maximum atomic E-state index is 2.10. The van der Waals surface area contributed by atoms with E-state index in [-0.39, 0.29) is 0 Å². The molecule has 0 unspecified atom stereocenters. The molecule has 0 aliphatic rings. The maximum absolute atomic E-state index is 2.10. The zero-order chi connectivity index (χ0) is 7.82. The Kier molecular flexibility index (Phi) is 6.40. The molecule has 0 spiro atoms. The Morgan fingerprint density at radius 2 is 1.90 bits per heavy atom. The summed E-state index contributed by atoms with van der Waals surface area (Å²) in [5.41, 5.74) is 0. The van der Waals surface area contributed by atoms with Crippen molar-refractivity contribution in [3.63, 3.8) is 0 Å². The van der Waals surface area contributed by atoms with E-state index < -0.39 is 0 Å². The normalized spacial score (nSPS) is 13.7. The van der Waals surface area contributed by atoms with Crippen LogP contribution in [0.1, 0.15) is 13.8 Å². The second-order valence-electron chi connectivity index (χ2n) is 1.80. The molecule has 0 aromatic rings. The molecule has 0 fully saturated rings. The minimum Gasteiger partial charge on any atom is -0.130 e. The van der Waals surface area contributed by atoms with Crippen molar-refractivity contribution in [3.05, 3.63) is 35.3 Å². The van der Waals surface area contributed by atoms with Crippen molar-refractivity contribution in [2.24, 2.45) is 0 Å². The van der Waals surface area contributed by atoms with Crippen LogP contribution >= 0.6 is 11.8 Å². The lowest BCUT2D eigenvalue weighted by molar-refractivity contribution is 1.69. The quantitative estimate of drug-likeness (QED) is 0.561. The molecule has 0 aliphatic heterocycles. The molecule has 0 aromatic carbocycles. The van der Waals surface area contributed by atoms with Gasteiger partial charge >= 0.3 is 0 Å². The van der Waals surface area contributed by atoms with Crippen molar-refractivity contribution in [2.45, 2.75) is 13.8 Å². The minimum absolute atomic E-state index is 1.29. The molecule has 0 amide bonds. The van der Waals surface area contributed by atoms with Crippen LogP contribution in [0.25, 0.3) is 0 Å². The summed E-state index contributed by atoms with van der Waals surface area (Å²) in [6.45, 7) is 4.05. The van der Waals surface area contributed by atoms with Crippen molar-refractivity contribution in [2.75, 3.05) is 6.26 Å². The van der Waals surface area contributed by atoms with Gasteiger partial charge in [-0.05, 0) is 26.2 Å². The molecule has 1 heteroatoms. The largest absolute Gasteiger partial charge is 0.130 e. The first-order valence-electron chi connectivity index (χ1n) is 3.34. The van der Waals surface area contributed by atoms with Crippen LogP contribution in [0.4, 0.5) is 0 Å².